The molecule has 1 aromatic carbocycles. The predicted octanol–water partition coefficient (Wildman–Crippen LogP) is 2.61. The summed E-state index contributed by atoms with van der Waals surface area (Å²) < 4.78 is 11.4. The molecule has 4 heteroatoms. The van der Waals surface area contributed by atoms with Crippen molar-refractivity contribution in [3.8, 4) is 5.75 Å². The third-order valence-corrected chi connectivity index (χ3v) is 3.99. The van der Waals surface area contributed by atoms with Crippen LogP contribution in [-0.4, -0.2) is 37.7 Å². The number of ether oxygens (including phenoxy) is 2. The van der Waals surface area contributed by atoms with Gasteiger partial charge in [0.05, 0.1) is 13.2 Å². The number of nitrogens with zero attached hydrogens (tertiary/aromatic N) is 2. The maximum absolute atomic E-state index is 6.06. The summed E-state index contributed by atoms with van der Waals surface area (Å²) in [4.78, 5) is 6.59. The second kappa shape index (κ2) is 5.11. The fourth-order valence-corrected chi connectivity index (χ4v) is 3.06. The van der Waals surface area contributed by atoms with Gasteiger partial charge in [0, 0.05) is 13.6 Å². The molecule has 0 radical (unpaired) electrons. The quantitative estimate of drug-likeness (QED) is 0.819. The molecule has 2 aliphatic heterocycles. The summed E-state index contributed by atoms with van der Waals surface area (Å²) in [6.07, 6.45) is 3.74. The van der Waals surface area contributed by atoms with Crippen LogP contribution in [0.25, 0.3) is 0 Å². The second-order valence-corrected chi connectivity index (χ2v) is 5.08. The molecule has 0 spiro atoms. The molecule has 2 heterocycles. The lowest BCUT2D eigenvalue weighted by Gasteiger charge is -2.30. The molecule has 102 valence electrons. The third kappa shape index (κ3) is 2.15. The van der Waals surface area contributed by atoms with Gasteiger partial charge in [-0.15, -0.1) is 0 Å². The molecule has 4 nitrogen and oxygen atoms in total. The molecule has 0 saturated carbocycles. The average Bonchev–Trinajstić information content (AvgIpc) is 2.86. The van der Waals surface area contributed by atoms with E-state index in [0.29, 0.717) is 6.04 Å². The Morgan fingerprint density at radius 1 is 1.37 bits per heavy atom. The maximum Gasteiger partial charge on any atom is 0.288 e. The molecule has 0 aromatic heterocycles. The highest BCUT2D eigenvalue weighted by Gasteiger charge is 2.41. The molecule has 1 aromatic rings. The van der Waals surface area contributed by atoms with Gasteiger partial charge < -0.3 is 14.4 Å². The van der Waals surface area contributed by atoms with Crippen molar-refractivity contribution in [3.05, 3.63) is 29.8 Å². The van der Waals surface area contributed by atoms with Crippen molar-refractivity contribution in [1.29, 1.82) is 0 Å². The van der Waals surface area contributed by atoms with Crippen molar-refractivity contribution in [2.75, 3.05) is 20.7 Å². The zero-order chi connectivity index (χ0) is 13.2. The minimum atomic E-state index is 0.0779. The number of amidine groups is 1. The Hall–Kier alpha value is -1.71. The number of piperidine rings is 1. The van der Waals surface area contributed by atoms with Crippen LogP contribution in [0.4, 0.5) is 0 Å². The Morgan fingerprint density at radius 2 is 2.26 bits per heavy atom. The van der Waals surface area contributed by atoms with Gasteiger partial charge in [-0.05, 0) is 37.0 Å². The summed E-state index contributed by atoms with van der Waals surface area (Å²) in [5.74, 6) is 0.880. The van der Waals surface area contributed by atoms with E-state index in [2.05, 4.69) is 22.0 Å². The van der Waals surface area contributed by atoms with E-state index in [9.17, 15) is 0 Å². The summed E-state index contributed by atoms with van der Waals surface area (Å²) in [6, 6.07) is 9.36. The summed E-state index contributed by atoms with van der Waals surface area (Å²) in [7, 11) is 3.50. The first kappa shape index (κ1) is 12.3. The largest absolute Gasteiger partial charge is 0.497 e. The Bertz CT molecular complexity index is 487. The molecule has 0 aliphatic carbocycles. The number of hydrogen-bond acceptors (Lipinski definition) is 3. The third-order valence-electron chi connectivity index (χ3n) is 3.99. The first-order valence-corrected chi connectivity index (χ1v) is 6.87. The minimum absolute atomic E-state index is 0.0779. The number of rotatable bonds is 2. The summed E-state index contributed by atoms with van der Waals surface area (Å²) in [6.45, 7) is 1.05. The standard InChI is InChI=1S/C15H20N2O2/c1-16-15-17-9-4-3-8-13(17)14(19-15)11-6-5-7-12(10-11)18-2/h5-7,10,13-14H,3-4,8-9H2,1-2H3. The molecule has 0 amide bonds. The molecule has 19 heavy (non-hydrogen) atoms. The van der Waals surface area contributed by atoms with Gasteiger partial charge in [-0.25, -0.2) is 4.99 Å². The van der Waals surface area contributed by atoms with Crippen LogP contribution in [0.1, 0.15) is 30.9 Å². The highest BCUT2D eigenvalue weighted by atomic mass is 16.5. The van der Waals surface area contributed by atoms with Crippen LogP contribution in [0.5, 0.6) is 5.75 Å². The normalized spacial score (nSPS) is 28.1. The fourth-order valence-electron chi connectivity index (χ4n) is 3.06. The Kier molecular flexibility index (Phi) is 3.32. The van der Waals surface area contributed by atoms with Crippen LogP contribution < -0.4 is 4.74 Å². The van der Waals surface area contributed by atoms with E-state index >= 15 is 0 Å². The molecule has 2 atom stereocenters. The highest BCUT2D eigenvalue weighted by molar-refractivity contribution is 5.76. The Morgan fingerprint density at radius 3 is 3.05 bits per heavy atom. The number of benzene rings is 1. The van der Waals surface area contributed by atoms with E-state index in [1.807, 2.05) is 12.1 Å². The SMILES string of the molecule is CN=C1OC(c2cccc(OC)c2)C2CCCCN12. The van der Waals surface area contributed by atoms with E-state index in [1.165, 1.54) is 24.8 Å². The highest BCUT2D eigenvalue weighted by Crippen LogP contribution is 2.38. The number of fused-ring (bicyclic) bond motifs is 1. The van der Waals surface area contributed by atoms with Gasteiger partial charge in [-0.2, -0.15) is 0 Å². The summed E-state index contributed by atoms with van der Waals surface area (Å²) in [5, 5.41) is 0. The Labute approximate surface area is 114 Å². The van der Waals surface area contributed by atoms with Gasteiger partial charge in [0.2, 0.25) is 0 Å². The molecular formula is C15H20N2O2. The van der Waals surface area contributed by atoms with Crippen LogP contribution in [0.3, 0.4) is 0 Å². The minimum Gasteiger partial charge on any atom is -0.497 e. The number of aliphatic imine (C=N–C) groups is 1. The fraction of sp³-hybridized carbons (Fsp3) is 0.533. The maximum atomic E-state index is 6.06. The molecule has 2 fully saturated rings. The first-order valence-electron chi connectivity index (χ1n) is 6.87. The van der Waals surface area contributed by atoms with Gasteiger partial charge in [-0.3, -0.25) is 0 Å². The van der Waals surface area contributed by atoms with E-state index in [1.54, 1.807) is 14.2 Å². The van der Waals surface area contributed by atoms with Gasteiger partial charge >= 0.3 is 0 Å². The zero-order valence-electron chi connectivity index (χ0n) is 11.5. The molecule has 2 aliphatic rings. The van der Waals surface area contributed by atoms with E-state index in [-0.39, 0.29) is 6.10 Å². The van der Waals surface area contributed by atoms with Crippen LogP contribution in [0.2, 0.25) is 0 Å². The van der Waals surface area contributed by atoms with Crippen LogP contribution in [0.15, 0.2) is 29.3 Å². The van der Waals surface area contributed by atoms with Crippen LogP contribution in [0, 0.1) is 0 Å². The lowest BCUT2D eigenvalue weighted by molar-refractivity contribution is 0.167. The smallest absolute Gasteiger partial charge is 0.288 e. The van der Waals surface area contributed by atoms with Crippen molar-refractivity contribution in [2.24, 2.45) is 4.99 Å². The average molecular weight is 260 g/mol. The monoisotopic (exact) mass is 260 g/mol. The Balaban J connectivity index is 1.91. The zero-order valence-corrected chi connectivity index (χ0v) is 11.5. The van der Waals surface area contributed by atoms with Gasteiger partial charge in [0.1, 0.15) is 11.9 Å². The van der Waals surface area contributed by atoms with Crippen molar-refractivity contribution in [1.82, 2.24) is 4.90 Å². The van der Waals surface area contributed by atoms with Crippen molar-refractivity contribution in [3.63, 3.8) is 0 Å². The first-order chi connectivity index (χ1) is 9.33. The summed E-state index contributed by atoms with van der Waals surface area (Å²) in [5.41, 5.74) is 1.18. The predicted molar refractivity (Wildman–Crippen MR) is 74.5 cm³/mol. The molecule has 3 rings (SSSR count). The van der Waals surface area contributed by atoms with Gasteiger partial charge in [0.25, 0.3) is 6.02 Å². The lowest BCUT2D eigenvalue weighted by Crippen LogP contribution is -2.38. The van der Waals surface area contributed by atoms with Crippen LogP contribution in [-0.2, 0) is 4.74 Å². The molecule has 2 unspecified atom stereocenters. The number of hydrogen-bond donors (Lipinski definition) is 0. The van der Waals surface area contributed by atoms with Crippen molar-refractivity contribution < 1.29 is 9.47 Å². The molecule has 0 bridgehead atoms. The topological polar surface area (TPSA) is 34.1 Å². The summed E-state index contributed by atoms with van der Waals surface area (Å²) >= 11 is 0. The van der Waals surface area contributed by atoms with E-state index < -0.39 is 0 Å². The second-order valence-electron chi connectivity index (χ2n) is 5.08. The van der Waals surface area contributed by atoms with Gasteiger partial charge in [0.15, 0.2) is 0 Å². The van der Waals surface area contributed by atoms with Crippen LogP contribution >= 0.6 is 0 Å². The molecule has 2 saturated heterocycles. The number of methoxy groups -OCH3 is 1. The van der Waals surface area contributed by atoms with Gasteiger partial charge in [-0.1, -0.05) is 12.1 Å². The van der Waals surface area contributed by atoms with Crippen molar-refractivity contribution in [2.45, 2.75) is 31.4 Å². The molecule has 0 N–H and O–H groups in total. The van der Waals surface area contributed by atoms with E-state index in [4.69, 9.17) is 9.47 Å². The van der Waals surface area contributed by atoms with Crippen molar-refractivity contribution >= 4 is 6.02 Å². The molecular weight excluding hydrogens is 240 g/mol. The van der Waals surface area contributed by atoms with E-state index in [0.717, 1.165) is 18.3 Å². The lowest BCUT2D eigenvalue weighted by atomic mass is 9.94.